The molecule has 0 atom stereocenters. The van der Waals surface area contributed by atoms with Gasteiger partial charge in [0.1, 0.15) is 0 Å². The highest BCUT2D eigenvalue weighted by Gasteiger charge is 2.22. The fourth-order valence-corrected chi connectivity index (χ4v) is 2.17. The summed E-state index contributed by atoms with van der Waals surface area (Å²) in [5, 5.41) is 27.5. The van der Waals surface area contributed by atoms with E-state index in [1.807, 2.05) is 0 Å². The Morgan fingerprint density at radius 3 is 2.10 bits per heavy atom. The maximum Gasteiger partial charge on any atom is 0.277 e. The molecule has 1 aromatic carbocycles. The molecule has 2 rings (SSSR count). The van der Waals surface area contributed by atoms with Gasteiger partial charge in [0.2, 0.25) is 0 Å². The molecule has 0 spiro atoms. The van der Waals surface area contributed by atoms with Gasteiger partial charge in [-0.05, 0) is 25.9 Å². The van der Waals surface area contributed by atoms with Crippen molar-refractivity contribution in [3.63, 3.8) is 0 Å². The van der Waals surface area contributed by atoms with Gasteiger partial charge in [0.25, 0.3) is 17.3 Å². The van der Waals surface area contributed by atoms with Crippen molar-refractivity contribution in [3.05, 3.63) is 44.0 Å². The Balaban J connectivity index is 2.22. The average Bonchev–Trinajstić information content (AvgIpc) is 2.47. The third-order valence-electron chi connectivity index (χ3n) is 3.26. The van der Waals surface area contributed by atoms with E-state index in [1.54, 1.807) is 0 Å². The first kappa shape index (κ1) is 14.9. The van der Waals surface area contributed by atoms with Crippen LogP contribution in [0.2, 0.25) is 0 Å². The second-order valence-corrected chi connectivity index (χ2v) is 4.75. The number of hydrogen-bond acceptors (Lipinski definition) is 6. The minimum absolute atomic E-state index is 0.0305. The SMILES string of the molecule is O=C(NC1CCNCC1)c1cc([N+](=O)[O-])cc([N+](=O)[O-])c1. The topological polar surface area (TPSA) is 127 Å². The molecule has 1 aliphatic rings. The number of nitrogens with one attached hydrogen (secondary N) is 2. The van der Waals surface area contributed by atoms with E-state index in [0.717, 1.165) is 44.1 Å². The van der Waals surface area contributed by atoms with Gasteiger partial charge in [-0.2, -0.15) is 0 Å². The molecule has 0 bridgehead atoms. The number of amides is 1. The Morgan fingerprint density at radius 1 is 1.10 bits per heavy atom. The molecule has 1 amide bonds. The molecule has 9 nitrogen and oxygen atoms in total. The first-order valence-corrected chi connectivity index (χ1v) is 6.43. The lowest BCUT2D eigenvalue weighted by Crippen LogP contribution is -2.42. The van der Waals surface area contributed by atoms with Gasteiger partial charge in [0, 0.05) is 18.2 Å². The lowest BCUT2D eigenvalue weighted by Gasteiger charge is -2.23. The molecule has 9 heteroatoms. The van der Waals surface area contributed by atoms with Crippen molar-refractivity contribution in [1.82, 2.24) is 10.6 Å². The molecule has 21 heavy (non-hydrogen) atoms. The molecule has 0 saturated carbocycles. The van der Waals surface area contributed by atoms with Gasteiger partial charge in [-0.25, -0.2) is 0 Å². The van der Waals surface area contributed by atoms with Crippen LogP contribution in [0, 0.1) is 20.2 Å². The Morgan fingerprint density at radius 2 is 1.62 bits per heavy atom. The van der Waals surface area contributed by atoms with E-state index in [9.17, 15) is 25.0 Å². The van der Waals surface area contributed by atoms with E-state index in [4.69, 9.17) is 0 Å². The molecule has 1 aliphatic heterocycles. The van der Waals surface area contributed by atoms with Crippen LogP contribution >= 0.6 is 0 Å². The minimum Gasteiger partial charge on any atom is -0.349 e. The van der Waals surface area contributed by atoms with E-state index >= 15 is 0 Å². The number of nitro groups is 2. The summed E-state index contributed by atoms with van der Waals surface area (Å²) in [5.41, 5.74) is -1.02. The standard InChI is InChI=1S/C12H14N4O5/c17-12(14-9-1-3-13-4-2-9)8-5-10(15(18)19)7-11(6-8)16(20)21/h5-7,9,13H,1-4H2,(H,14,17). The number of piperidine rings is 1. The Hall–Kier alpha value is -2.55. The van der Waals surface area contributed by atoms with Crippen LogP contribution in [-0.4, -0.2) is 34.9 Å². The fraction of sp³-hybridized carbons (Fsp3) is 0.417. The molecule has 1 aromatic rings. The molecule has 1 fully saturated rings. The van der Waals surface area contributed by atoms with E-state index < -0.39 is 27.1 Å². The highest BCUT2D eigenvalue weighted by atomic mass is 16.6. The fourth-order valence-electron chi connectivity index (χ4n) is 2.17. The average molecular weight is 294 g/mol. The zero-order valence-corrected chi connectivity index (χ0v) is 11.1. The Bertz CT molecular complexity index is 551. The van der Waals surface area contributed by atoms with Crippen LogP contribution in [0.1, 0.15) is 23.2 Å². The van der Waals surface area contributed by atoms with Gasteiger partial charge < -0.3 is 10.6 Å². The number of nitro benzene ring substituents is 2. The van der Waals surface area contributed by atoms with Crippen LogP contribution in [0.4, 0.5) is 11.4 Å². The summed E-state index contributed by atoms with van der Waals surface area (Å²) < 4.78 is 0. The Labute approximate surface area is 119 Å². The van der Waals surface area contributed by atoms with Crippen LogP contribution in [-0.2, 0) is 0 Å². The van der Waals surface area contributed by atoms with Crippen molar-refractivity contribution in [2.45, 2.75) is 18.9 Å². The monoisotopic (exact) mass is 294 g/mol. The number of hydrogen-bond donors (Lipinski definition) is 2. The summed E-state index contributed by atoms with van der Waals surface area (Å²) in [5.74, 6) is -0.534. The minimum atomic E-state index is -0.756. The maximum absolute atomic E-state index is 12.1. The summed E-state index contributed by atoms with van der Waals surface area (Å²) in [6.07, 6.45) is 1.51. The van der Waals surface area contributed by atoms with E-state index in [-0.39, 0.29) is 11.6 Å². The van der Waals surface area contributed by atoms with Crippen LogP contribution in [0.5, 0.6) is 0 Å². The molecule has 0 aromatic heterocycles. The van der Waals surface area contributed by atoms with E-state index in [1.165, 1.54) is 0 Å². The number of carbonyl (C=O) groups is 1. The highest BCUT2D eigenvalue weighted by molar-refractivity contribution is 5.95. The van der Waals surface area contributed by atoms with Crippen molar-refractivity contribution in [2.24, 2.45) is 0 Å². The number of nitrogens with zero attached hydrogens (tertiary/aromatic N) is 2. The quantitative estimate of drug-likeness (QED) is 0.629. The number of carbonyl (C=O) groups excluding carboxylic acids is 1. The lowest BCUT2D eigenvalue weighted by molar-refractivity contribution is -0.394. The zero-order valence-electron chi connectivity index (χ0n) is 11.1. The first-order chi connectivity index (χ1) is 9.97. The van der Waals surface area contributed by atoms with Gasteiger partial charge in [-0.15, -0.1) is 0 Å². The highest BCUT2D eigenvalue weighted by Crippen LogP contribution is 2.22. The van der Waals surface area contributed by atoms with Gasteiger partial charge in [0.15, 0.2) is 0 Å². The van der Waals surface area contributed by atoms with Crippen LogP contribution in [0.3, 0.4) is 0 Å². The van der Waals surface area contributed by atoms with Crippen LogP contribution in [0.25, 0.3) is 0 Å². The van der Waals surface area contributed by atoms with E-state index in [0.29, 0.717) is 0 Å². The van der Waals surface area contributed by atoms with Crippen molar-refractivity contribution in [1.29, 1.82) is 0 Å². The Kier molecular flexibility index (Phi) is 4.43. The zero-order chi connectivity index (χ0) is 15.4. The van der Waals surface area contributed by atoms with Crippen molar-refractivity contribution < 1.29 is 14.6 Å². The predicted octanol–water partition coefficient (Wildman–Crippen LogP) is 0.985. The molecular formula is C12H14N4O5. The number of rotatable bonds is 4. The second-order valence-electron chi connectivity index (χ2n) is 4.75. The molecule has 0 radical (unpaired) electrons. The predicted molar refractivity (Wildman–Crippen MR) is 73.1 cm³/mol. The summed E-state index contributed by atoms with van der Waals surface area (Å²) in [6.45, 7) is 1.56. The van der Waals surface area contributed by atoms with Crippen LogP contribution < -0.4 is 10.6 Å². The largest absolute Gasteiger partial charge is 0.349 e. The third kappa shape index (κ3) is 3.72. The van der Waals surface area contributed by atoms with Gasteiger partial charge in [0.05, 0.1) is 21.5 Å². The number of non-ortho nitro benzene ring substituents is 2. The van der Waals surface area contributed by atoms with Gasteiger partial charge in [-0.3, -0.25) is 25.0 Å². The number of benzene rings is 1. The van der Waals surface area contributed by atoms with Crippen molar-refractivity contribution in [2.75, 3.05) is 13.1 Å². The van der Waals surface area contributed by atoms with Crippen molar-refractivity contribution >= 4 is 17.3 Å². The summed E-state index contributed by atoms with van der Waals surface area (Å²) in [7, 11) is 0. The lowest BCUT2D eigenvalue weighted by atomic mass is 10.1. The molecule has 2 N–H and O–H groups in total. The molecule has 0 unspecified atom stereocenters. The second kappa shape index (κ2) is 6.27. The molecule has 1 saturated heterocycles. The van der Waals surface area contributed by atoms with Crippen LogP contribution in [0.15, 0.2) is 18.2 Å². The molecule has 1 heterocycles. The smallest absolute Gasteiger partial charge is 0.277 e. The maximum atomic E-state index is 12.1. The van der Waals surface area contributed by atoms with Gasteiger partial charge in [-0.1, -0.05) is 0 Å². The third-order valence-corrected chi connectivity index (χ3v) is 3.26. The normalized spacial score (nSPS) is 15.4. The summed E-state index contributed by atoms with van der Waals surface area (Å²) in [4.78, 5) is 32.1. The van der Waals surface area contributed by atoms with E-state index in [2.05, 4.69) is 10.6 Å². The molecular weight excluding hydrogens is 280 g/mol. The van der Waals surface area contributed by atoms with Crippen molar-refractivity contribution in [3.8, 4) is 0 Å². The van der Waals surface area contributed by atoms with Gasteiger partial charge >= 0.3 is 0 Å². The first-order valence-electron chi connectivity index (χ1n) is 6.43. The summed E-state index contributed by atoms with van der Waals surface area (Å²) in [6, 6.07) is 2.89. The molecule has 112 valence electrons. The summed E-state index contributed by atoms with van der Waals surface area (Å²) >= 11 is 0. The molecule has 0 aliphatic carbocycles.